The zero-order valence-corrected chi connectivity index (χ0v) is 16.2. The molecule has 0 unspecified atom stereocenters. The molecule has 0 fully saturated rings. The molecule has 0 saturated carbocycles. The number of ether oxygens (including phenoxy) is 1. The molecule has 0 atom stereocenters. The first-order valence-electron chi connectivity index (χ1n) is 8.18. The number of aromatic carboxylic acids is 1. The third-order valence-electron chi connectivity index (χ3n) is 4.09. The summed E-state index contributed by atoms with van der Waals surface area (Å²) in [5, 5.41) is 13.1. The van der Waals surface area contributed by atoms with Crippen molar-refractivity contribution in [3.63, 3.8) is 0 Å². The lowest BCUT2D eigenvalue weighted by atomic mass is 9.98. The summed E-state index contributed by atoms with van der Waals surface area (Å²) in [7, 11) is 1.44. The van der Waals surface area contributed by atoms with Crippen molar-refractivity contribution in [1.82, 2.24) is 0 Å². The number of nitrogens with one attached hydrogen (secondary N) is 1. The van der Waals surface area contributed by atoms with Gasteiger partial charge in [-0.2, -0.15) is 0 Å². The maximum atomic E-state index is 12.7. The summed E-state index contributed by atoms with van der Waals surface area (Å²) < 4.78 is 5.41. The standard InChI is InChI=1S/C21H15Cl2NO4/c1-28-17-10-8-14(21(26)27)19(24-20(25)12-5-3-2-4-6-12)18(17)15-11-13(22)7-9-16(15)23/h2-11H,1H3,(H,24,25)(H,26,27). The molecule has 28 heavy (non-hydrogen) atoms. The van der Waals surface area contributed by atoms with Crippen LogP contribution in [0.15, 0.2) is 60.7 Å². The number of rotatable bonds is 5. The Kier molecular flexibility index (Phi) is 5.87. The van der Waals surface area contributed by atoms with Crippen molar-refractivity contribution < 1.29 is 19.4 Å². The molecule has 2 N–H and O–H groups in total. The summed E-state index contributed by atoms with van der Waals surface area (Å²) in [5.74, 6) is -1.32. The smallest absolute Gasteiger partial charge is 0.337 e. The molecule has 3 aromatic rings. The SMILES string of the molecule is COc1ccc(C(=O)O)c(NC(=O)c2ccccc2)c1-c1cc(Cl)ccc1Cl. The zero-order chi connectivity index (χ0) is 20.3. The van der Waals surface area contributed by atoms with Gasteiger partial charge in [-0.25, -0.2) is 4.79 Å². The topological polar surface area (TPSA) is 75.6 Å². The first-order chi connectivity index (χ1) is 13.4. The van der Waals surface area contributed by atoms with Gasteiger partial charge in [-0.3, -0.25) is 4.79 Å². The van der Waals surface area contributed by atoms with Crippen LogP contribution >= 0.6 is 23.2 Å². The normalized spacial score (nSPS) is 10.4. The van der Waals surface area contributed by atoms with Crippen LogP contribution in [-0.4, -0.2) is 24.1 Å². The van der Waals surface area contributed by atoms with E-state index in [1.807, 2.05) is 0 Å². The van der Waals surface area contributed by atoms with Gasteiger partial charge < -0.3 is 15.2 Å². The lowest BCUT2D eigenvalue weighted by Gasteiger charge is -2.18. The van der Waals surface area contributed by atoms with Gasteiger partial charge in [0, 0.05) is 26.7 Å². The summed E-state index contributed by atoms with van der Waals surface area (Å²) in [6.07, 6.45) is 0. The molecule has 0 aromatic heterocycles. The van der Waals surface area contributed by atoms with Crippen LogP contribution in [0, 0.1) is 0 Å². The number of hydrogen-bond acceptors (Lipinski definition) is 3. The fourth-order valence-electron chi connectivity index (χ4n) is 2.79. The summed E-state index contributed by atoms with van der Waals surface area (Å²) in [6.45, 7) is 0. The minimum atomic E-state index is -1.20. The van der Waals surface area contributed by atoms with Crippen LogP contribution in [0.1, 0.15) is 20.7 Å². The van der Waals surface area contributed by atoms with E-state index >= 15 is 0 Å². The van der Waals surface area contributed by atoms with Gasteiger partial charge in [0.2, 0.25) is 0 Å². The number of methoxy groups -OCH3 is 1. The molecular weight excluding hydrogens is 401 g/mol. The Balaban J connectivity index is 2.25. The van der Waals surface area contributed by atoms with Crippen LogP contribution in [0.2, 0.25) is 10.0 Å². The highest BCUT2D eigenvalue weighted by atomic mass is 35.5. The van der Waals surface area contributed by atoms with E-state index in [-0.39, 0.29) is 11.3 Å². The van der Waals surface area contributed by atoms with E-state index in [1.165, 1.54) is 19.2 Å². The van der Waals surface area contributed by atoms with Crippen LogP contribution in [0.4, 0.5) is 5.69 Å². The summed E-state index contributed by atoms with van der Waals surface area (Å²) >= 11 is 12.5. The van der Waals surface area contributed by atoms with Crippen LogP contribution in [0.5, 0.6) is 5.75 Å². The highest BCUT2D eigenvalue weighted by Crippen LogP contribution is 2.43. The second-order valence-electron chi connectivity index (χ2n) is 5.81. The molecule has 5 nitrogen and oxygen atoms in total. The second kappa shape index (κ2) is 8.33. The van der Waals surface area contributed by atoms with Crippen molar-refractivity contribution in [3.05, 3.63) is 81.8 Å². The highest BCUT2D eigenvalue weighted by molar-refractivity contribution is 6.35. The second-order valence-corrected chi connectivity index (χ2v) is 6.66. The molecule has 142 valence electrons. The Morgan fingerprint density at radius 2 is 1.71 bits per heavy atom. The van der Waals surface area contributed by atoms with E-state index in [4.69, 9.17) is 27.9 Å². The van der Waals surface area contributed by atoms with Crippen LogP contribution in [0.3, 0.4) is 0 Å². The van der Waals surface area contributed by atoms with Crippen molar-refractivity contribution in [1.29, 1.82) is 0 Å². The largest absolute Gasteiger partial charge is 0.496 e. The van der Waals surface area contributed by atoms with Gasteiger partial charge >= 0.3 is 5.97 Å². The third-order valence-corrected chi connectivity index (χ3v) is 4.65. The maximum Gasteiger partial charge on any atom is 0.337 e. The predicted molar refractivity (Wildman–Crippen MR) is 110 cm³/mol. The fourth-order valence-corrected chi connectivity index (χ4v) is 3.18. The van der Waals surface area contributed by atoms with Crippen molar-refractivity contribution >= 4 is 40.8 Å². The molecule has 0 aliphatic heterocycles. The summed E-state index contributed by atoms with van der Waals surface area (Å²) in [5.41, 5.74) is 1.13. The molecule has 1 amide bonds. The maximum absolute atomic E-state index is 12.7. The van der Waals surface area contributed by atoms with Gasteiger partial charge in [0.1, 0.15) is 5.75 Å². The summed E-state index contributed by atoms with van der Waals surface area (Å²) in [6, 6.07) is 16.1. The Hall–Kier alpha value is -3.02. The van der Waals surface area contributed by atoms with Gasteiger partial charge in [-0.05, 0) is 42.5 Å². The Morgan fingerprint density at radius 3 is 2.36 bits per heavy atom. The lowest BCUT2D eigenvalue weighted by Crippen LogP contribution is -2.16. The van der Waals surface area contributed by atoms with Gasteiger partial charge in [0.25, 0.3) is 5.91 Å². The third kappa shape index (κ3) is 3.96. The van der Waals surface area contributed by atoms with Gasteiger partial charge in [-0.1, -0.05) is 41.4 Å². The first kappa shape index (κ1) is 19.7. The van der Waals surface area contributed by atoms with Crippen molar-refractivity contribution in [3.8, 4) is 16.9 Å². The first-order valence-corrected chi connectivity index (χ1v) is 8.94. The van der Waals surface area contributed by atoms with E-state index < -0.39 is 11.9 Å². The molecule has 0 aliphatic rings. The van der Waals surface area contributed by atoms with E-state index in [9.17, 15) is 14.7 Å². The zero-order valence-electron chi connectivity index (χ0n) is 14.7. The molecule has 3 aromatic carbocycles. The fraction of sp³-hybridized carbons (Fsp3) is 0.0476. The Morgan fingerprint density at radius 1 is 1.00 bits per heavy atom. The molecular formula is C21H15Cl2NO4. The molecule has 3 rings (SSSR count). The van der Waals surface area contributed by atoms with E-state index in [0.29, 0.717) is 32.5 Å². The van der Waals surface area contributed by atoms with Crippen molar-refractivity contribution in [2.75, 3.05) is 12.4 Å². The lowest BCUT2D eigenvalue weighted by molar-refractivity contribution is 0.0698. The number of benzene rings is 3. The van der Waals surface area contributed by atoms with E-state index in [2.05, 4.69) is 5.32 Å². The number of amides is 1. The minimum absolute atomic E-state index is 0.0740. The number of carboxylic acids is 1. The number of carbonyl (C=O) groups excluding carboxylic acids is 1. The molecule has 7 heteroatoms. The molecule has 0 saturated heterocycles. The highest BCUT2D eigenvalue weighted by Gasteiger charge is 2.23. The van der Waals surface area contributed by atoms with Crippen molar-refractivity contribution in [2.24, 2.45) is 0 Å². The quantitative estimate of drug-likeness (QED) is 0.566. The molecule has 0 spiro atoms. The number of hydrogen-bond donors (Lipinski definition) is 2. The van der Waals surface area contributed by atoms with Crippen LogP contribution in [0.25, 0.3) is 11.1 Å². The minimum Gasteiger partial charge on any atom is -0.496 e. The Labute approximate surface area is 171 Å². The van der Waals surface area contributed by atoms with E-state index in [1.54, 1.807) is 48.5 Å². The van der Waals surface area contributed by atoms with Crippen LogP contribution < -0.4 is 10.1 Å². The van der Waals surface area contributed by atoms with E-state index in [0.717, 1.165) is 0 Å². The number of carboxylic acid groups (broad SMARTS) is 1. The number of carbonyl (C=O) groups is 2. The van der Waals surface area contributed by atoms with Crippen molar-refractivity contribution in [2.45, 2.75) is 0 Å². The monoisotopic (exact) mass is 415 g/mol. The average molecular weight is 416 g/mol. The van der Waals surface area contributed by atoms with Gasteiger partial charge in [-0.15, -0.1) is 0 Å². The number of halogens is 2. The van der Waals surface area contributed by atoms with Gasteiger partial charge in [0.15, 0.2) is 0 Å². The molecule has 0 aliphatic carbocycles. The molecule has 0 heterocycles. The Bertz CT molecular complexity index is 1050. The van der Waals surface area contributed by atoms with Crippen LogP contribution in [-0.2, 0) is 0 Å². The predicted octanol–water partition coefficient (Wildman–Crippen LogP) is 5.62. The molecule has 0 bridgehead atoms. The summed E-state index contributed by atoms with van der Waals surface area (Å²) in [4.78, 5) is 24.5. The van der Waals surface area contributed by atoms with Gasteiger partial charge in [0.05, 0.1) is 18.4 Å². The molecule has 0 radical (unpaired) electrons. The number of anilines is 1. The average Bonchev–Trinajstić information content (AvgIpc) is 2.70.